The van der Waals surface area contributed by atoms with Crippen LogP contribution in [0.2, 0.25) is 0 Å². The van der Waals surface area contributed by atoms with Crippen molar-refractivity contribution in [1.82, 2.24) is 0 Å². The molecule has 116 valence electrons. The van der Waals surface area contributed by atoms with Gasteiger partial charge in [-0.25, -0.2) is 8.42 Å². The van der Waals surface area contributed by atoms with Crippen LogP contribution in [0.15, 0.2) is 53.4 Å². The van der Waals surface area contributed by atoms with Gasteiger partial charge in [0.05, 0.1) is 10.6 Å². The fourth-order valence-electron chi connectivity index (χ4n) is 2.93. The SMILES string of the molecule is C[C@@H]1CCc2ccccc2N1S(=O)(=O)c1ccc(CN)cc1. The number of nitrogens with zero attached hydrogens (tertiary/aromatic N) is 1. The molecule has 0 bridgehead atoms. The molecule has 0 saturated carbocycles. The van der Waals surface area contributed by atoms with E-state index in [1.165, 1.54) is 0 Å². The summed E-state index contributed by atoms with van der Waals surface area (Å²) in [6.45, 7) is 2.37. The average molecular weight is 316 g/mol. The highest BCUT2D eigenvalue weighted by atomic mass is 32.2. The molecule has 1 aliphatic heterocycles. The summed E-state index contributed by atoms with van der Waals surface area (Å²) in [5.74, 6) is 0. The number of sulfonamides is 1. The Morgan fingerprint density at radius 1 is 1.14 bits per heavy atom. The summed E-state index contributed by atoms with van der Waals surface area (Å²) in [5.41, 5.74) is 8.38. The normalized spacial score (nSPS) is 18.1. The third kappa shape index (κ3) is 2.51. The van der Waals surface area contributed by atoms with Crippen molar-refractivity contribution in [2.24, 2.45) is 5.73 Å². The van der Waals surface area contributed by atoms with E-state index in [0.717, 1.165) is 29.7 Å². The van der Waals surface area contributed by atoms with Crippen LogP contribution in [0.4, 0.5) is 5.69 Å². The number of para-hydroxylation sites is 1. The maximum atomic E-state index is 13.1. The summed E-state index contributed by atoms with van der Waals surface area (Å²) >= 11 is 0. The zero-order chi connectivity index (χ0) is 15.7. The monoisotopic (exact) mass is 316 g/mol. The number of fused-ring (bicyclic) bond motifs is 1. The van der Waals surface area contributed by atoms with E-state index < -0.39 is 10.0 Å². The summed E-state index contributed by atoms with van der Waals surface area (Å²) in [4.78, 5) is 0.313. The van der Waals surface area contributed by atoms with Gasteiger partial charge in [0.2, 0.25) is 0 Å². The van der Waals surface area contributed by atoms with E-state index >= 15 is 0 Å². The summed E-state index contributed by atoms with van der Waals surface area (Å²) in [6, 6.07) is 14.5. The second kappa shape index (κ2) is 5.74. The number of nitrogens with two attached hydrogens (primary N) is 1. The van der Waals surface area contributed by atoms with Crippen LogP contribution in [0.5, 0.6) is 0 Å². The highest BCUT2D eigenvalue weighted by Gasteiger charge is 2.33. The molecular formula is C17H20N2O2S. The Bertz CT molecular complexity index is 770. The van der Waals surface area contributed by atoms with Gasteiger partial charge in [-0.2, -0.15) is 0 Å². The van der Waals surface area contributed by atoms with Gasteiger partial charge in [0.1, 0.15) is 0 Å². The van der Waals surface area contributed by atoms with Crippen molar-refractivity contribution in [2.45, 2.75) is 37.2 Å². The summed E-state index contributed by atoms with van der Waals surface area (Å²) < 4.78 is 27.7. The van der Waals surface area contributed by atoms with E-state index in [-0.39, 0.29) is 6.04 Å². The second-order valence-electron chi connectivity index (χ2n) is 5.67. The highest BCUT2D eigenvalue weighted by Crippen LogP contribution is 2.35. The van der Waals surface area contributed by atoms with Gasteiger partial charge in [0, 0.05) is 12.6 Å². The third-order valence-corrected chi connectivity index (χ3v) is 6.12. The quantitative estimate of drug-likeness (QED) is 0.947. The first-order valence-corrected chi connectivity index (χ1v) is 8.89. The van der Waals surface area contributed by atoms with Crippen molar-refractivity contribution in [2.75, 3.05) is 4.31 Å². The zero-order valence-corrected chi connectivity index (χ0v) is 13.4. The van der Waals surface area contributed by atoms with Gasteiger partial charge < -0.3 is 5.73 Å². The molecule has 0 amide bonds. The Kier molecular flexibility index (Phi) is 3.93. The molecule has 0 aliphatic carbocycles. The third-order valence-electron chi connectivity index (χ3n) is 4.18. The molecule has 2 N–H and O–H groups in total. The molecule has 1 aliphatic rings. The van der Waals surface area contributed by atoms with E-state index in [4.69, 9.17) is 5.73 Å². The van der Waals surface area contributed by atoms with Crippen LogP contribution in [0.1, 0.15) is 24.5 Å². The summed E-state index contributed by atoms with van der Waals surface area (Å²) in [7, 11) is -3.56. The van der Waals surface area contributed by atoms with E-state index in [9.17, 15) is 8.42 Å². The second-order valence-corrected chi connectivity index (χ2v) is 7.48. The van der Waals surface area contributed by atoms with Gasteiger partial charge in [0.15, 0.2) is 0 Å². The molecule has 0 radical (unpaired) electrons. The Labute approximate surface area is 131 Å². The van der Waals surface area contributed by atoms with Crippen molar-refractivity contribution in [1.29, 1.82) is 0 Å². The highest BCUT2D eigenvalue weighted by molar-refractivity contribution is 7.92. The first-order chi connectivity index (χ1) is 10.5. The number of anilines is 1. The molecule has 5 heteroatoms. The van der Waals surface area contributed by atoms with Crippen LogP contribution in [0.3, 0.4) is 0 Å². The maximum absolute atomic E-state index is 13.1. The zero-order valence-electron chi connectivity index (χ0n) is 12.6. The van der Waals surface area contributed by atoms with Crippen molar-refractivity contribution in [3.63, 3.8) is 0 Å². The predicted octanol–water partition coefficient (Wildman–Crippen LogP) is 2.68. The Morgan fingerprint density at radius 2 is 1.82 bits per heavy atom. The topological polar surface area (TPSA) is 63.4 Å². The molecule has 3 rings (SSSR count). The number of rotatable bonds is 3. The first kappa shape index (κ1) is 15.1. The van der Waals surface area contributed by atoms with Crippen molar-refractivity contribution in [3.8, 4) is 0 Å². The van der Waals surface area contributed by atoms with Crippen LogP contribution >= 0.6 is 0 Å². The molecule has 2 aromatic carbocycles. The lowest BCUT2D eigenvalue weighted by Crippen LogP contribution is -2.42. The van der Waals surface area contributed by atoms with E-state index in [1.54, 1.807) is 28.6 Å². The molecule has 1 heterocycles. The van der Waals surface area contributed by atoms with Crippen molar-refractivity contribution >= 4 is 15.7 Å². The average Bonchev–Trinajstić information content (AvgIpc) is 2.54. The van der Waals surface area contributed by atoms with Gasteiger partial charge >= 0.3 is 0 Å². The Hall–Kier alpha value is -1.85. The van der Waals surface area contributed by atoms with Crippen LogP contribution in [0.25, 0.3) is 0 Å². The van der Waals surface area contributed by atoms with Gasteiger partial charge in [-0.15, -0.1) is 0 Å². The predicted molar refractivity (Wildman–Crippen MR) is 88.2 cm³/mol. The van der Waals surface area contributed by atoms with Crippen LogP contribution in [-0.4, -0.2) is 14.5 Å². The lowest BCUT2D eigenvalue weighted by molar-refractivity contribution is 0.563. The molecule has 0 spiro atoms. The number of aryl methyl sites for hydroxylation is 1. The van der Waals surface area contributed by atoms with Gasteiger partial charge in [-0.3, -0.25) is 4.31 Å². The Balaban J connectivity index is 2.07. The van der Waals surface area contributed by atoms with Gasteiger partial charge in [-0.05, 0) is 49.1 Å². The van der Waals surface area contributed by atoms with Crippen LogP contribution in [-0.2, 0) is 23.0 Å². The number of hydrogen-bond donors (Lipinski definition) is 1. The minimum absolute atomic E-state index is 0.0471. The fourth-order valence-corrected chi connectivity index (χ4v) is 4.66. The van der Waals surface area contributed by atoms with Gasteiger partial charge in [-0.1, -0.05) is 30.3 Å². The molecule has 0 unspecified atom stereocenters. The smallest absolute Gasteiger partial charge is 0.264 e. The molecule has 2 aromatic rings. The molecule has 4 nitrogen and oxygen atoms in total. The van der Waals surface area contributed by atoms with Crippen molar-refractivity contribution < 1.29 is 8.42 Å². The molecule has 1 atom stereocenters. The molecular weight excluding hydrogens is 296 g/mol. The van der Waals surface area contributed by atoms with E-state index in [0.29, 0.717) is 11.4 Å². The summed E-state index contributed by atoms with van der Waals surface area (Å²) in [5, 5.41) is 0. The molecule has 0 saturated heterocycles. The minimum atomic E-state index is -3.56. The van der Waals surface area contributed by atoms with E-state index in [1.807, 2.05) is 31.2 Å². The lowest BCUT2D eigenvalue weighted by Gasteiger charge is -2.36. The minimum Gasteiger partial charge on any atom is -0.326 e. The van der Waals surface area contributed by atoms with E-state index in [2.05, 4.69) is 0 Å². The molecule has 22 heavy (non-hydrogen) atoms. The fraction of sp³-hybridized carbons (Fsp3) is 0.294. The van der Waals surface area contributed by atoms with Crippen molar-refractivity contribution in [3.05, 3.63) is 59.7 Å². The lowest BCUT2D eigenvalue weighted by atomic mass is 9.99. The Morgan fingerprint density at radius 3 is 2.50 bits per heavy atom. The molecule has 0 aromatic heterocycles. The molecule has 0 fully saturated rings. The van der Waals surface area contributed by atoms with Crippen LogP contribution in [0, 0.1) is 0 Å². The first-order valence-electron chi connectivity index (χ1n) is 7.45. The summed E-state index contributed by atoms with van der Waals surface area (Å²) in [6.07, 6.45) is 1.74. The van der Waals surface area contributed by atoms with Gasteiger partial charge in [0.25, 0.3) is 10.0 Å². The number of hydrogen-bond acceptors (Lipinski definition) is 3. The largest absolute Gasteiger partial charge is 0.326 e. The standard InChI is InChI=1S/C17H20N2O2S/c1-13-6-9-15-4-2-3-5-17(15)19(13)22(20,21)16-10-7-14(12-18)8-11-16/h2-5,7-8,10-11,13H,6,9,12,18H2,1H3/t13-/m1/s1. The van der Waals surface area contributed by atoms with Crippen LogP contribution < -0.4 is 10.0 Å². The maximum Gasteiger partial charge on any atom is 0.264 e. The number of benzene rings is 2.